The van der Waals surface area contributed by atoms with E-state index >= 15 is 0 Å². The molecule has 3 aromatic heterocycles. The largest absolute Gasteiger partial charge is 0.380 e. The minimum atomic E-state index is 0.184. The van der Waals surface area contributed by atoms with Crippen molar-refractivity contribution in [2.45, 2.75) is 32.4 Å². The Balaban J connectivity index is 1.58. The van der Waals surface area contributed by atoms with Crippen LogP contribution in [0.15, 0.2) is 24.9 Å². The predicted molar refractivity (Wildman–Crippen MR) is 97.3 cm³/mol. The van der Waals surface area contributed by atoms with Gasteiger partial charge in [-0.1, -0.05) is 0 Å². The molecule has 0 radical (unpaired) electrons. The zero-order chi connectivity index (χ0) is 18.1. The number of hydrogen-bond acceptors (Lipinski definition) is 8. The van der Waals surface area contributed by atoms with E-state index in [1.807, 2.05) is 19.9 Å². The molecular weight excluding hydrogens is 332 g/mol. The van der Waals surface area contributed by atoms with E-state index in [-0.39, 0.29) is 12.1 Å². The third-order valence-electron chi connectivity index (χ3n) is 4.98. The summed E-state index contributed by atoms with van der Waals surface area (Å²) in [6.45, 7) is 5.58. The summed E-state index contributed by atoms with van der Waals surface area (Å²) in [5.41, 5.74) is 2.01. The second-order valence-corrected chi connectivity index (χ2v) is 6.49. The number of aryl methyl sites for hydroxylation is 1. The van der Waals surface area contributed by atoms with Gasteiger partial charge < -0.3 is 15.0 Å². The number of rotatable bonds is 5. The number of nitrogens with one attached hydrogen (secondary N) is 1. The van der Waals surface area contributed by atoms with Crippen molar-refractivity contribution in [3.8, 4) is 0 Å². The average Bonchev–Trinajstić information content (AvgIpc) is 3.29. The SMILES string of the molecule is CO[C@@H]1C[C@H](CNc2c(C)c(C)nc3ncnn23)N(c2ccncn2)C1. The van der Waals surface area contributed by atoms with E-state index in [1.54, 1.807) is 24.1 Å². The first kappa shape index (κ1) is 16.6. The van der Waals surface area contributed by atoms with E-state index < -0.39 is 0 Å². The topological polar surface area (TPSA) is 93.4 Å². The molecule has 1 saturated heterocycles. The summed E-state index contributed by atoms with van der Waals surface area (Å²) >= 11 is 0. The molecular formula is C17H22N8O. The molecule has 0 saturated carbocycles. The van der Waals surface area contributed by atoms with Gasteiger partial charge in [0.1, 0.15) is 24.3 Å². The van der Waals surface area contributed by atoms with Crippen LogP contribution in [0.3, 0.4) is 0 Å². The second-order valence-electron chi connectivity index (χ2n) is 6.49. The van der Waals surface area contributed by atoms with E-state index in [1.165, 1.54) is 6.33 Å². The van der Waals surface area contributed by atoms with Crippen LogP contribution >= 0.6 is 0 Å². The molecule has 3 aromatic rings. The van der Waals surface area contributed by atoms with Crippen molar-refractivity contribution in [3.05, 3.63) is 36.2 Å². The smallest absolute Gasteiger partial charge is 0.254 e. The average molecular weight is 354 g/mol. The van der Waals surface area contributed by atoms with Crippen molar-refractivity contribution in [1.82, 2.24) is 29.5 Å². The van der Waals surface area contributed by atoms with Crippen LogP contribution in [0, 0.1) is 13.8 Å². The molecule has 0 bridgehead atoms. The zero-order valence-electron chi connectivity index (χ0n) is 15.1. The van der Waals surface area contributed by atoms with Crippen molar-refractivity contribution in [1.29, 1.82) is 0 Å². The summed E-state index contributed by atoms with van der Waals surface area (Å²) < 4.78 is 7.35. The highest BCUT2D eigenvalue weighted by molar-refractivity contribution is 5.52. The van der Waals surface area contributed by atoms with E-state index in [4.69, 9.17) is 4.74 Å². The number of nitrogens with zero attached hydrogens (tertiary/aromatic N) is 7. The molecule has 1 aliphatic heterocycles. The molecule has 1 aliphatic rings. The van der Waals surface area contributed by atoms with Crippen LogP contribution in [0.25, 0.3) is 5.78 Å². The number of hydrogen-bond donors (Lipinski definition) is 1. The third kappa shape index (κ3) is 2.94. The van der Waals surface area contributed by atoms with Gasteiger partial charge in [0, 0.05) is 37.7 Å². The lowest BCUT2D eigenvalue weighted by Crippen LogP contribution is -2.36. The van der Waals surface area contributed by atoms with Crippen LogP contribution < -0.4 is 10.2 Å². The zero-order valence-corrected chi connectivity index (χ0v) is 15.1. The molecule has 1 fully saturated rings. The summed E-state index contributed by atoms with van der Waals surface area (Å²) in [5.74, 6) is 2.44. The Kier molecular flexibility index (Phi) is 4.37. The molecule has 0 spiro atoms. The molecule has 9 nitrogen and oxygen atoms in total. The molecule has 9 heteroatoms. The van der Waals surface area contributed by atoms with Crippen molar-refractivity contribution >= 4 is 17.4 Å². The molecule has 2 atom stereocenters. The summed E-state index contributed by atoms with van der Waals surface area (Å²) in [4.78, 5) is 19.4. The Morgan fingerprint density at radius 1 is 1.27 bits per heavy atom. The normalized spacial score (nSPS) is 20.0. The number of ether oxygens (including phenoxy) is 1. The summed E-state index contributed by atoms with van der Waals surface area (Å²) in [6, 6.07) is 2.18. The lowest BCUT2D eigenvalue weighted by molar-refractivity contribution is 0.118. The van der Waals surface area contributed by atoms with Gasteiger partial charge in [0.2, 0.25) is 0 Å². The Morgan fingerprint density at radius 2 is 2.15 bits per heavy atom. The van der Waals surface area contributed by atoms with Crippen LogP contribution in [0.2, 0.25) is 0 Å². The number of fused-ring (bicyclic) bond motifs is 1. The minimum Gasteiger partial charge on any atom is -0.380 e. The summed E-state index contributed by atoms with van der Waals surface area (Å²) in [5, 5.41) is 7.84. The second kappa shape index (κ2) is 6.83. The van der Waals surface area contributed by atoms with E-state index in [0.717, 1.165) is 42.4 Å². The van der Waals surface area contributed by atoms with Crippen LogP contribution in [0.5, 0.6) is 0 Å². The van der Waals surface area contributed by atoms with Crippen LogP contribution in [0.4, 0.5) is 11.6 Å². The fourth-order valence-electron chi connectivity index (χ4n) is 3.43. The first-order chi connectivity index (χ1) is 12.7. The Labute approximate surface area is 151 Å². The number of methoxy groups -OCH3 is 1. The van der Waals surface area contributed by atoms with Crippen LogP contribution in [0.1, 0.15) is 17.7 Å². The quantitative estimate of drug-likeness (QED) is 0.731. The van der Waals surface area contributed by atoms with Gasteiger partial charge in [-0.25, -0.2) is 15.0 Å². The van der Waals surface area contributed by atoms with E-state index in [2.05, 4.69) is 35.3 Å². The lowest BCUT2D eigenvalue weighted by Gasteiger charge is -2.26. The van der Waals surface area contributed by atoms with E-state index in [9.17, 15) is 0 Å². The van der Waals surface area contributed by atoms with Gasteiger partial charge in [0.25, 0.3) is 5.78 Å². The lowest BCUT2D eigenvalue weighted by atomic mass is 10.2. The molecule has 1 N–H and O–H groups in total. The standard InChI is InChI=1S/C17H22N8O/c1-11-12(2)23-17-21-10-22-25(17)16(11)19-7-13-6-14(26-3)8-24(13)15-4-5-18-9-20-15/h4-5,9-10,13-14,19H,6-8H2,1-3H3/t13-,14-/m1/s1. The third-order valence-corrected chi connectivity index (χ3v) is 4.98. The maximum atomic E-state index is 5.60. The fourth-order valence-corrected chi connectivity index (χ4v) is 3.43. The maximum Gasteiger partial charge on any atom is 0.254 e. The van der Waals surface area contributed by atoms with Gasteiger partial charge in [0.05, 0.1) is 12.1 Å². The molecule has 0 aromatic carbocycles. The van der Waals surface area contributed by atoms with E-state index in [0.29, 0.717) is 5.78 Å². The fraction of sp³-hybridized carbons (Fsp3) is 0.471. The Hall–Kier alpha value is -2.81. The van der Waals surface area contributed by atoms with Crippen molar-refractivity contribution < 1.29 is 4.74 Å². The van der Waals surface area contributed by atoms with Gasteiger partial charge in [-0.3, -0.25) is 0 Å². The Bertz CT molecular complexity index is 896. The molecule has 0 unspecified atom stereocenters. The van der Waals surface area contributed by atoms with Crippen molar-refractivity contribution in [3.63, 3.8) is 0 Å². The Morgan fingerprint density at radius 3 is 2.92 bits per heavy atom. The number of aromatic nitrogens is 6. The molecule has 0 amide bonds. The summed E-state index contributed by atoms with van der Waals surface area (Å²) in [7, 11) is 1.76. The van der Waals surface area contributed by atoms with Gasteiger partial charge in [0.15, 0.2) is 0 Å². The molecule has 4 heterocycles. The predicted octanol–water partition coefficient (Wildman–Crippen LogP) is 1.24. The highest BCUT2D eigenvalue weighted by atomic mass is 16.5. The first-order valence-electron chi connectivity index (χ1n) is 8.63. The van der Waals surface area contributed by atoms with Gasteiger partial charge in [-0.15, -0.1) is 0 Å². The minimum absolute atomic E-state index is 0.184. The van der Waals surface area contributed by atoms with Gasteiger partial charge in [-0.2, -0.15) is 14.6 Å². The summed E-state index contributed by atoms with van der Waals surface area (Å²) in [6.07, 6.45) is 5.98. The highest BCUT2D eigenvalue weighted by Crippen LogP contribution is 2.26. The molecule has 26 heavy (non-hydrogen) atoms. The van der Waals surface area contributed by atoms with Gasteiger partial charge >= 0.3 is 0 Å². The highest BCUT2D eigenvalue weighted by Gasteiger charge is 2.33. The molecule has 0 aliphatic carbocycles. The monoisotopic (exact) mass is 354 g/mol. The van der Waals surface area contributed by atoms with Crippen LogP contribution in [-0.4, -0.2) is 61.9 Å². The molecule has 136 valence electrons. The van der Waals surface area contributed by atoms with Gasteiger partial charge in [-0.05, 0) is 26.3 Å². The number of anilines is 2. The van der Waals surface area contributed by atoms with Crippen LogP contribution in [-0.2, 0) is 4.74 Å². The van der Waals surface area contributed by atoms with Crippen molar-refractivity contribution in [2.75, 3.05) is 30.4 Å². The first-order valence-corrected chi connectivity index (χ1v) is 8.63. The van der Waals surface area contributed by atoms with Crippen molar-refractivity contribution in [2.24, 2.45) is 0 Å². The molecule has 4 rings (SSSR count). The maximum absolute atomic E-state index is 5.60.